The van der Waals surface area contributed by atoms with Crippen molar-refractivity contribution in [3.63, 3.8) is 0 Å². The number of halogens is 4. The van der Waals surface area contributed by atoms with Crippen molar-refractivity contribution in [1.82, 2.24) is 4.98 Å². The zero-order valence-corrected chi connectivity index (χ0v) is 37.9. The summed E-state index contributed by atoms with van der Waals surface area (Å²) in [4.78, 5) is 15.9. The fourth-order valence-electron chi connectivity index (χ4n) is 6.55. The molecule has 1 heterocycles. The number of pyridine rings is 1. The fraction of sp³-hybridized carbons (Fsp3) is 0.578. The predicted molar refractivity (Wildman–Crippen MR) is 218 cm³/mol. The van der Waals surface area contributed by atoms with Gasteiger partial charge in [0.25, 0.3) is 0 Å². The Labute approximate surface area is 358 Å². The van der Waals surface area contributed by atoms with Crippen LogP contribution in [-0.2, 0) is 55.3 Å². The van der Waals surface area contributed by atoms with Crippen molar-refractivity contribution in [2.24, 2.45) is 9.98 Å². The first-order chi connectivity index (χ1) is 23.8. The first-order valence-electron chi connectivity index (χ1n) is 19.9. The van der Waals surface area contributed by atoms with Gasteiger partial charge in [-0.25, -0.2) is 4.98 Å². The standard InChI is InChI=1S/C45H66ClN3.3ClH.Co/c1-9-15-21-35-27-37(23-17-11-3)44(38(28-35)24-18-12-4)47-33(7)42-31-41(46)32-43(49-42)34(8)48-45-39(25-19-13-5)29-36(22-16-10-2)30-40(45)26-20-14-6;;;;/h27-32H,9-26H2,1-8H3;3*1H;/q;;;;+3/p-3. The Hall–Kier alpha value is -1.40. The number of aliphatic imine (C=N–C) groups is 2. The van der Waals surface area contributed by atoms with Gasteiger partial charge in [0.15, 0.2) is 0 Å². The Morgan fingerprint density at radius 3 is 1.00 bits per heavy atom. The molecule has 0 N–H and O–H groups in total. The van der Waals surface area contributed by atoms with Crippen LogP contribution in [0.25, 0.3) is 0 Å². The zero-order chi connectivity index (χ0) is 35.6. The summed E-state index contributed by atoms with van der Waals surface area (Å²) < 4.78 is 0. The minimum atomic E-state index is 0. The van der Waals surface area contributed by atoms with Gasteiger partial charge in [-0.05, 0) is 136 Å². The number of rotatable bonds is 22. The number of benzene rings is 2. The van der Waals surface area contributed by atoms with Crippen LogP contribution in [-0.4, -0.2) is 16.4 Å². The molecule has 0 bridgehead atoms. The maximum atomic E-state index is 6.83. The van der Waals surface area contributed by atoms with Crippen molar-refractivity contribution in [3.8, 4) is 0 Å². The number of hydrogen-bond acceptors (Lipinski definition) is 3. The van der Waals surface area contributed by atoms with E-state index >= 15 is 0 Å². The van der Waals surface area contributed by atoms with Crippen LogP contribution < -0.4 is 37.2 Å². The summed E-state index contributed by atoms with van der Waals surface area (Å²) in [5.74, 6) is 0. The number of unbranched alkanes of at least 4 members (excludes halogenated alkanes) is 6. The average Bonchev–Trinajstić information content (AvgIpc) is 3.10. The summed E-state index contributed by atoms with van der Waals surface area (Å²) in [6, 6.07) is 13.7. The van der Waals surface area contributed by atoms with E-state index in [9.17, 15) is 0 Å². The van der Waals surface area contributed by atoms with E-state index < -0.39 is 0 Å². The number of aromatic nitrogens is 1. The Kier molecular flexibility index (Phi) is 30.2. The molecule has 0 spiro atoms. The van der Waals surface area contributed by atoms with Crippen LogP contribution in [0.1, 0.15) is 177 Å². The van der Waals surface area contributed by atoms with E-state index in [1.807, 2.05) is 12.1 Å². The molecular weight excluding hydrogens is 783 g/mol. The molecule has 0 unspecified atom stereocenters. The van der Waals surface area contributed by atoms with Gasteiger partial charge in [-0.3, -0.25) is 9.98 Å². The third kappa shape index (κ3) is 17.5. The van der Waals surface area contributed by atoms with Crippen LogP contribution in [0.4, 0.5) is 11.4 Å². The first kappa shape index (κ1) is 53.7. The first-order valence-corrected chi connectivity index (χ1v) is 20.2. The molecule has 3 rings (SSSR count). The Bertz CT molecular complexity index is 1370. The van der Waals surface area contributed by atoms with Gasteiger partial charge in [0, 0.05) is 5.02 Å². The molecule has 0 saturated heterocycles. The minimum Gasteiger partial charge on any atom is -1.00 e. The van der Waals surface area contributed by atoms with E-state index in [0.717, 1.165) is 72.7 Å². The average molecular weight is 850 g/mol. The van der Waals surface area contributed by atoms with E-state index in [1.165, 1.54) is 110 Å². The molecule has 0 atom stereocenters. The normalized spacial score (nSPS) is 11.3. The Morgan fingerprint density at radius 1 is 0.472 bits per heavy atom. The second-order valence-electron chi connectivity index (χ2n) is 14.1. The second-order valence-corrected chi connectivity index (χ2v) is 14.5. The van der Waals surface area contributed by atoms with Crippen LogP contribution in [0.15, 0.2) is 46.4 Å². The van der Waals surface area contributed by atoms with Gasteiger partial charge in [0.1, 0.15) is 0 Å². The van der Waals surface area contributed by atoms with E-state index in [0.29, 0.717) is 5.02 Å². The van der Waals surface area contributed by atoms with Crippen molar-refractivity contribution >= 4 is 34.4 Å². The molecule has 0 saturated carbocycles. The van der Waals surface area contributed by atoms with Gasteiger partial charge in [-0.15, -0.1) is 0 Å². The second kappa shape index (κ2) is 29.8. The summed E-state index contributed by atoms with van der Waals surface area (Å²) in [7, 11) is 0. The largest absolute Gasteiger partial charge is 3.00 e. The molecule has 3 nitrogen and oxygen atoms in total. The molecule has 0 aliphatic heterocycles. The van der Waals surface area contributed by atoms with Crippen LogP contribution in [0.3, 0.4) is 0 Å². The molecule has 0 aliphatic carbocycles. The van der Waals surface area contributed by atoms with Crippen LogP contribution in [0, 0.1) is 0 Å². The van der Waals surface area contributed by atoms with Gasteiger partial charge < -0.3 is 37.2 Å². The van der Waals surface area contributed by atoms with Gasteiger partial charge in [-0.1, -0.05) is 116 Å². The van der Waals surface area contributed by atoms with Gasteiger partial charge >= 0.3 is 16.8 Å². The van der Waals surface area contributed by atoms with E-state index in [-0.39, 0.29) is 54.0 Å². The van der Waals surface area contributed by atoms with Crippen molar-refractivity contribution in [3.05, 3.63) is 86.2 Å². The van der Waals surface area contributed by atoms with E-state index in [1.54, 1.807) is 0 Å². The van der Waals surface area contributed by atoms with E-state index in [4.69, 9.17) is 26.6 Å². The maximum absolute atomic E-state index is 6.83. The number of hydrogen-bond donors (Lipinski definition) is 0. The zero-order valence-electron chi connectivity index (χ0n) is 33.9. The number of aryl methyl sites for hydroxylation is 6. The van der Waals surface area contributed by atoms with E-state index in [2.05, 4.69) is 79.7 Å². The summed E-state index contributed by atoms with van der Waals surface area (Å²) in [5.41, 5.74) is 14.2. The fourth-order valence-corrected chi connectivity index (χ4v) is 6.76. The van der Waals surface area contributed by atoms with Crippen LogP contribution in [0.2, 0.25) is 5.02 Å². The van der Waals surface area contributed by atoms with Gasteiger partial charge in [-0.2, -0.15) is 0 Å². The summed E-state index contributed by atoms with van der Waals surface area (Å²) in [6.45, 7) is 17.8. The SMILES string of the molecule is CCCCc1cc(CCCC)c(N=C(C)c2cc(Cl)cc(C(C)=Nc3c(CCCC)cc(CCCC)cc3CCCC)n2)c(CCCC)c1.[Cl-].[Cl-].[Cl-].[Co+3]. The third-order valence-corrected chi connectivity index (χ3v) is 9.80. The molecule has 53 heavy (non-hydrogen) atoms. The molecule has 0 fully saturated rings. The maximum Gasteiger partial charge on any atom is 3.00 e. The molecule has 8 heteroatoms. The molecule has 0 aliphatic rings. The molecule has 298 valence electrons. The molecule has 0 amide bonds. The summed E-state index contributed by atoms with van der Waals surface area (Å²) >= 11 is 6.83. The molecular formula is C45H66Cl4CoN3. The Morgan fingerprint density at radius 2 is 0.736 bits per heavy atom. The van der Waals surface area contributed by atoms with Crippen LogP contribution in [0.5, 0.6) is 0 Å². The summed E-state index contributed by atoms with van der Waals surface area (Å²) in [5, 5.41) is 0.670. The minimum absolute atomic E-state index is 0. The van der Waals surface area contributed by atoms with Crippen molar-refractivity contribution in [2.45, 2.75) is 171 Å². The summed E-state index contributed by atoms with van der Waals surface area (Å²) in [6.07, 6.45) is 20.7. The van der Waals surface area contributed by atoms with Crippen LogP contribution >= 0.6 is 11.6 Å². The predicted octanol–water partition coefficient (Wildman–Crippen LogP) is 5.08. The monoisotopic (exact) mass is 847 g/mol. The third-order valence-electron chi connectivity index (χ3n) is 9.58. The molecule has 1 aromatic heterocycles. The van der Waals surface area contributed by atoms with Crippen molar-refractivity contribution in [1.29, 1.82) is 0 Å². The van der Waals surface area contributed by atoms with Gasteiger partial charge in [0.2, 0.25) is 0 Å². The smallest absolute Gasteiger partial charge is 1.00 e. The topological polar surface area (TPSA) is 37.6 Å². The quantitative estimate of drug-likeness (QED) is 0.130. The van der Waals surface area contributed by atoms with Crippen molar-refractivity contribution in [2.75, 3.05) is 0 Å². The van der Waals surface area contributed by atoms with Crippen molar-refractivity contribution < 1.29 is 54.0 Å². The molecule has 3 aromatic rings. The number of nitrogens with zero attached hydrogens (tertiary/aromatic N) is 3. The molecule has 2 aromatic carbocycles. The Balaban J connectivity index is 0. The van der Waals surface area contributed by atoms with Gasteiger partial charge in [0.05, 0.1) is 34.2 Å². The molecule has 0 radical (unpaired) electrons.